The molecule has 0 fully saturated rings. The monoisotopic (exact) mass is 219 g/mol. The summed E-state index contributed by atoms with van der Waals surface area (Å²) in [5.41, 5.74) is 1.91. The highest BCUT2D eigenvalue weighted by atomic mass is 16.1. The number of carbonyl (C=O) groups is 1. The molecule has 1 aromatic rings. The minimum atomic E-state index is 0.144. The van der Waals surface area contributed by atoms with Gasteiger partial charge in [0.05, 0.1) is 0 Å². The van der Waals surface area contributed by atoms with Crippen molar-refractivity contribution in [2.45, 2.75) is 33.6 Å². The molecule has 0 saturated carbocycles. The molecule has 0 bridgehead atoms. The van der Waals surface area contributed by atoms with Crippen molar-refractivity contribution < 1.29 is 4.79 Å². The minimum absolute atomic E-state index is 0.144. The highest BCUT2D eigenvalue weighted by Gasteiger charge is 2.11. The number of Topliss-reactive ketones (excluding diaryl/α,β-unsaturated/α-hetero) is 1. The van der Waals surface area contributed by atoms with Crippen molar-refractivity contribution in [2.24, 2.45) is 0 Å². The molecule has 1 aromatic carbocycles. The van der Waals surface area contributed by atoms with Crippen LogP contribution in [-0.4, -0.2) is 18.9 Å². The lowest BCUT2D eigenvalue weighted by Crippen LogP contribution is -2.25. The molecule has 0 aliphatic rings. The molecule has 0 amide bonds. The predicted octanol–water partition coefficient (Wildman–Crippen LogP) is 3.52. The first-order valence-corrected chi connectivity index (χ1v) is 6.05. The van der Waals surface area contributed by atoms with Gasteiger partial charge in [-0.05, 0) is 32.4 Å². The van der Waals surface area contributed by atoms with Gasteiger partial charge in [0.25, 0.3) is 0 Å². The Morgan fingerprint density at radius 3 is 2.50 bits per heavy atom. The summed E-state index contributed by atoms with van der Waals surface area (Å²) in [7, 11) is 0. The Labute approximate surface area is 98.3 Å². The zero-order valence-corrected chi connectivity index (χ0v) is 10.5. The summed E-state index contributed by atoms with van der Waals surface area (Å²) in [5, 5.41) is 0. The smallest absolute Gasteiger partial charge is 0.161 e. The highest BCUT2D eigenvalue weighted by molar-refractivity contribution is 5.99. The van der Waals surface area contributed by atoms with E-state index in [4.69, 9.17) is 0 Å². The van der Waals surface area contributed by atoms with Crippen LogP contribution in [0.15, 0.2) is 24.3 Å². The molecule has 0 aliphatic carbocycles. The molecule has 0 heterocycles. The van der Waals surface area contributed by atoms with Crippen LogP contribution in [0.25, 0.3) is 0 Å². The van der Waals surface area contributed by atoms with Crippen LogP contribution in [0, 0.1) is 0 Å². The van der Waals surface area contributed by atoms with Crippen molar-refractivity contribution in [3.8, 4) is 0 Å². The lowest BCUT2D eigenvalue weighted by atomic mass is 10.1. The van der Waals surface area contributed by atoms with E-state index >= 15 is 0 Å². The molecule has 0 unspecified atom stereocenters. The number of benzene rings is 1. The van der Waals surface area contributed by atoms with Crippen LogP contribution in [0.3, 0.4) is 0 Å². The summed E-state index contributed by atoms with van der Waals surface area (Å²) in [5.74, 6) is 0.144. The van der Waals surface area contributed by atoms with E-state index in [1.165, 1.54) is 12.8 Å². The fourth-order valence-corrected chi connectivity index (χ4v) is 1.84. The number of ketones is 1. The van der Waals surface area contributed by atoms with E-state index in [1.807, 2.05) is 24.3 Å². The van der Waals surface area contributed by atoms with Crippen LogP contribution in [0.5, 0.6) is 0 Å². The fraction of sp³-hybridized carbons (Fsp3) is 0.500. The van der Waals surface area contributed by atoms with E-state index in [0.29, 0.717) is 0 Å². The van der Waals surface area contributed by atoms with Gasteiger partial charge in [0, 0.05) is 24.3 Å². The number of para-hydroxylation sites is 1. The molecule has 0 aromatic heterocycles. The fourth-order valence-electron chi connectivity index (χ4n) is 1.84. The van der Waals surface area contributed by atoms with Gasteiger partial charge in [-0.3, -0.25) is 4.79 Å². The molecule has 0 aliphatic heterocycles. The molecule has 1 rings (SSSR count). The third-order valence-corrected chi connectivity index (χ3v) is 2.79. The summed E-state index contributed by atoms with van der Waals surface area (Å²) in [6.45, 7) is 7.92. The Kier molecular flexibility index (Phi) is 5.03. The number of hydrogen-bond donors (Lipinski definition) is 0. The summed E-state index contributed by atoms with van der Waals surface area (Å²) in [4.78, 5) is 13.8. The molecule has 16 heavy (non-hydrogen) atoms. The number of hydrogen-bond acceptors (Lipinski definition) is 2. The molecule has 0 spiro atoms. The molecule has 2 heteroatoms. The number of rotatable bonds is 6. The van der Waals surface area contributed by atoms with Gasteiger partial charge in [-0.15, -0.1) is 0 Å². The Morgan fingerprint density at radius 2 is 1.94 bits per heavy atom. The first-order chi connectivity index (χ1) is 7.70. The average Bonchev–Trinajstić information content (AvgIpc) is 2.30. The van der Waals surface area contributed by atoms with E-state index in [1.54, 1.807) is 6.92 Å². The highest BCUT2D eigenvalue weighted by Crippen LogP contribution is 2.21. The molecule has 0 N–H and O–H groups in total. The summed E-state index contributed by atoms with van der Waals surface area (Å²) in [6, 6.07) is 7.87. The van der Waals surface area contributed by atoms with Gasteiger partial charge < -0.3 is 4.90 Å². The summed E-state index contributed by atoms with van der Waals surface area (Å²) < 4.78 is 0. The van der Waals surface area contributed by atoms with Gasteiger partial charge in [-0.25, -0.2) is 0 Å². The lowest BCUT2D eigenvalue weighted by Gasteiger charge is -2.24. The number of nitrogens with zero attached hydrogens (tertiary/aromatic N) is 1. The topological polar surface area (TPSA) is 20.3 Å². The van der Waals surface area contributed by atoms with Gasteiger partial charge in [0.15, 0.2) is 5.78 Å². The predicted molar refractivity (Wildman–Crippen MR) is 69.2 cm³/mol. The van der Waals surface area contributed by atoms with E-state index in [-0.39, 0.29) is 5.78 Å². The van der Waals surface area contributed by atoms with Crippen molar-refractivity contribution in [1.82, 2.24) is 0 Å². The molecule has 2 nitrogen and oxygen atoms in total. The van der Waals surface area contributed by atoms with Gasteiger partial charge >= 0.3 is 0 Å². The third-order valence-electron chi connectivity index (χ3n) is 2.79. The SMILES string of the molecule is CCCCN(CC)c1ccccc1C(C)=O. The maximum Gasteiger partial charge on any atom is 0.161 e. The number of unbranched alkanes of at least 4 members (excludes halogenated alkanes) is 1. The van der Waals surface area contributed by atoms with E-state index in [2.05, 4.69) is 18.7 Å². The van der Waals surface area contributed by atoms with E-state index in [0.717, 1.165) is 24.3 Å². The van der Waals surface area contributed by atoms with Crippen LogP contribution in [-0.2, 0) is 0 Å². The average molecular weight is 219 g/mol. The summed E-state index contributed by atoms with van der Waals surface area (Å²) in [6.07, 6.45) is 2.35. The van der Waals surface area contributed by atoms with Gasteiger partial charge in [-0.2, -0.15) is 0 Å². The molecule has 88 valence electrons. The van der Waals surface area contributed by atoms with Crippen LogP contribution in [0.4, 0.5) is 5.69 Å². The van der Waals surface area contributed by atoms with Gasteiger partial charge in [0.2, 0.25) is 0 Å². The Balaban J connectivity index is 2.94. The lowest BCUT2D eigenvalue weighted by molar-refractivity contribution is 0.101. The Hall–Kier alpha value is -1.31. The minimum Gasteiger partial charge on any atom is -0.371 e. The number of carbonyl (C=O) groups excluding carboxylic acids is 1. The second kappa shape index (κ2) is 6.31. The maximum atomic E-state index is 11.5. The van der Waals surface area contributed by atoms with Crippen molar-refractivity contribution in [3.63, 3.8) is 0 Å². The van der Waals surface area contributed by atoms with E-state index < -0.39 is 0 Å². The Bertz CT molecular complexity index is 346. The van der Waals surface area contributed by atoms with E-state index in [9.17, 15) is 4.79 Å². The van der Waals surface area contributed by atoms with Gasteiger partial charge in [0.1, 0.15) is 0 Å². The van der Waals surface area contributed by atoms with Crippen LogP contribution < -0.4 is 4.90 Å². The van der Waals surface area contributed by atoms with Crippen molar-refractivity contribution in [2.75, 3.05) is 18.0 Å². The van der Waals surface area contributed by atoms with Crippen molar-refractivity contribution in [1.29, 1.82) is 0 Å². The molecule has 0 saturated heterocycles. The third kappa shape index (κ3) is 3.09. The molecular weight excluding hydrogens is 198 g/mol. The van der Waals surface area contributed by atoms with Crippen LogP contribution >= 0.6 is 0 Å². The second-order valence-electron chi connectivity index (χ2n) is 4.01. The zero-order chi connectivity index (χ0) is 12.0. The van der Waals surface area contributed by atoms with Crippen molar-refractivity contribution >= 4 is 11.5 Å². The van der Waals surface area contributed by atoms with Crippen LogP contribution in [0.1, 0.15) is 44.0 Å². The normalized spacial score (nSPS) is 10.2. The quantitative estimate of drug-likeness (QED) is 0.682. The van der Waals surface area contributed by atoms with Crippen molar-refractivity contribution in [3.05, 3.63) is 29.8 Å². The first kappa shape index (κ1) is 12.8. The maximum absolute atomic E-state index is 11.5. The molecule has 0 radical (unpaired) electrons. The molecular formula is C14H21NO. The summed E-state index contributed by atoms with van der Waals surface area (Å²) >= 11 is 0. The number of anilines is 1. The Morgan fingerprint density at radius 1 is 1.25 bits per heavy atom. The van der Waals surface area contributed by atoms with Crippen LogP contribution in [0.2, 0.25) is 0 Å². The largest absolute Gasteiger partial charge is 0.371 e. The zero-order valence-electron chi connectivity index (χ0n) is 10.5. The second-order valence-corrected chi connectivity index (χ2v) is 4.01. The standard InChI is InChI=1S/C14H21NO/c1-4-6-11-15(5-2)14-10-8-7-9-13(14)12(3)16/h7-10H,4-6,11H2,1-3H3. The van der Waals surface area contributed by atoms with Gasteiger partial charge in [-0.1, -0.05) is 25.5 Å². The first-order valence-electron chi connectivity index (χ1n) is 6.05. The molecule has 0 atom stereocenters.